The van der Waals surface area contributed by atoms with Crippen molar-refractivity contribution in [3.05, 3.63) is 35.4 Å². The highest BCUT2D eigenvalue weighted by atomic mass is 14.1. The van der Waals surface area contributed by atoms with E-state index in [1.165, 1.54) is 24.0 Å². The second-order valence-corrected chi connectivity index (χ2v) is 5.05. The lowest BCUT2D eigenvalue weighted by atomic mass is 9.88. The van der Waals surface area contributed by atoms with Crippen molar-refractivity contribution in [1.82, 2.24) is 0 Å². The number of aryl methyl sites for hydroxylation is 2. The largest absolute Gasteiger partial charge is 0.0683 e. The zero-order chi connectivity index (χ0) is 11.9. The fourth-order valence-corrected chi connectivity index (χ4v) is 1.27. The molecule has 1 aromatic carbocycles. The summed E-state index contributed by atoms with van der Waals surface area (Å²) in [6.45, 7) is 13.0. The zero-order valence-electron chi connectivity index (χ0n) is 11.2. The van der Waals surface area contributed by atoms with E-state index in [9.17, 15) is 0 Å². The summed E-state index contributed by atoms with van der Waals surface area (Å²) in [5.41, 5.74) is 3.25. The second kappa shape index (κ2) is 6.66. The summed E-state index contributed by atoms with van der Waals surface area (Å²) in [6, 6.07) is 8.86. The lowest BCUT2D eigenvalue weighted by Crippen LogP contribution is -2.06. The Morgan fingerprint density at radius 2 is 1.40 bits per heavy atom. The predicted octanol–water partition coefficient (Wildman–Crippen LogP) is 5.00. The number of rotatable bonds is 2. The van der Waals surface area contributed by atoms with Crippen LogP contribution in [0.1, 0.15) is 52.2 Å². The molecule has 15 heavy (non-hydrogen) atoms. The van der Waals surface area contributed by atoms with Crippen LogP contribution in [0.25, 0.3) is 0 Å². The highest BCUT2D eigenvalue weighted by molar-refractivity contribution is 5.21. The van der Waals surface area contributed by atoms with Crippen molar-refractivity contribution in [3.8, 4) is 0 Å². The smallest absolute Gasteiger partial charge is 0.0274 e. The van der Waals surface area contributed by atoms with Crippen molar-refractivity contribution in [1.29, 1.82) is 0 Å². The Morgan fingerprint density at radius 1 is 0.933 bits per heavy atom. The third-order valence-electron chi connectivity index (χ3n) is 2.28. The van der Waals surface area contributed by atoms with Gasteiger partial charge in [-0.1, -0.05) is 64.4 Å². The van der Waals surface area contributed by atoms with Crippen LogP contribution >= 0.6 is 0 Å². The van der Waals surface area contributed by atoms with Gasteiger partial charge in [0.1, 0.15) is 0 Å². The van der Waals surface area contributed by atoms with Gasteiger partial charge in [-0.2, -0.15) is 0 Å². The molecule has 0 atom stereocenters. The summed E-state index contributed by atoms with van der Waals surface area (Å²) in [4.78, 5) is 0. The van der Waals surface area contributed by atoms with E-state index in [2.05, 4.69) is 52.0 Å². The summed E-state index contributed by atoms with van der Waals surface area (Å²) in [6.07, 6.45) is 2.46. The molecule has 0 aromatic heterocycles. The van der Waals surface area contributed by atoms with Crippen molar-refractivity contribution in [3.63, 3.8) is 0 Å². The third-order valence-corrected chi connectivity index (χ3v) is 2.28. The topological polar surface area (TPSA) is 0 Å². The van der Waals surface area contributed by atoms with Crippen LogP contribution in [-0.2, 0) is 6.42 Å². The molecular formula is C15H26. The number of hydrogen-bond donors (Lipinski definition) is 0. The maximum Gasteiger partial charge on any atom is -0.0274 e. The molecule has 0 bridgehead atoms. The van der Waals surface area contributed by atoms with Crippen LogP contribution < -0.4 is 0 Å². The van der Waals surface area contributed by atoms with Crippen molar-refractivity contribution < 1.29 is 0 Å². The predicted molar refractivity (Wildman–Crippen MR) is 70.3 cm³/mol. The molecule has 0 spiro atoms. The molecule has 0 aliphatic rings. The van der Waals surface area contributed by atoms with Crippen LogP contribution in [0.3, 0.4) is 0 Å². The van der Waals surface area contributed by atoms with E-state index in [0.29, 0.717) is 5.41 Å². The molecule has 0 heteroatoms. The van der Waals surface area contributed by atoms with Gasteiger partial charge in [-0.25, -0.2) is 0 Å². The third kappa shape index (κ3) is 7.18. The van der Waals surface area contributed by atoms with Crippen LogP contribution in [-0.4, -0.2) is 0 Å². The first kappa shape index (κ1) is 14.2. The molecule has 0 heterocycles. The van der Waals surface area contributed by atoms with E-state index in [-0.39, 0.29) is 0 Å². The Labute approximate surface area is 95.7 Å². The van der Waals surface area contributed by atoms with Crippen LogP contribution in [0, 0.1) is 12.3 Å². The molecule has 86 valence electrons. The summed E-state index contributed by atoms with van der Waals surface area (Å²) in [7, 11) is 0. The van der Waals surface area contributed by atoms with Gasteiger partial charge in [0, 0.05) is 0 Å². The van der Waals surface area contributed by atoms with Gasteiger partial charge in [-0.05, 0) is 30.7 Å². The first-order valence-electron chi connectivity index (χ1n) is 6.03. The first-order valence-corrected chi connectivity index (χ1v) is 6.03. The van der Waals surface area contributed by atoms with Gasteiger partial charge in [0.25, 0.3) is 0 Å². The molecule has 0 aliphatic carbocycles. The molecule has 0 nitrogen and oxygen atoms in total. The van der Waals surface area contributed by atoms with Crippen molar-refractivity contribution in [2.24, 2.45) is 5.41 Å². The number of hydrogen-bond acceptors (Lipinski definition) is 0. The minimum Gasteiger partial charge on any atom is -0.0683 e. The molecule has 0 fully saturated rings. The summed E-state index contributed by atoms with van der Waals surface area (Å²) < 4.78 is 0. The summed E-state index contributed by atoms with van der Waals surface area (Å²) in [5.74, 6) is 0. The lowest BCUT2D eigenvalue weighted by molar-refractivity contribution is 0.378. The molecule has 0 saturated carbocycles. The molecule has 1 rings (SSSR count). The minimum absolute atomic E-state index is 0.449. The van der Waals surface area contributed by atoms with E-state index >= 15 is 0 Å². The van der Waals surface area contributed by atoms with Gasteiger partial charge in [-0.15, -0.1) is 0 Å². The normalized spacial score (nSPS) is 10.5. The van der Waals surface area contributed by atoms with E-state index < -0.39 is 0 Å². The van der Waals surface area contributed by atoms with Crippen LogP contribution in [0.4, 0.5) is 0 Å². The van der Waals surface area contributed by atoms with E-state index in [4.69, 9.17) is 0 Å². The standard InChI is InChI=1S/C13H20.C2H6/c1-11-5-7-12(8-6-11)9-10-13(2,3)4;1-2/h5-8H,9-10H2,1-4H3;1-2H3. The van der Waals surface area contributed by atoms with Gasteiger partial charge in [0.15, 0.2) is 0 Å². The first-order chi connectivity index (χ1) is 6.97. The fourth-order valence-electron chi connectivity index (χ4n) is 1.27. The molecule has 0 N–H and O–H groups in total. The minimum atomic E-state index is 0.449. The Bertz CT molecular complexity index is 248. The average molecular weight is 206 g/mol. The zero-order valence-corrected chi connectivity index (χ0v) is 11.2. The van der Waals surface area contributed by atoms with E-state index in [1.54, 1.807) is 0 Å². The number of benzene rings is 1. The Hall–Kier alpha value is -0.780. The van der Waals surface area contributed by atoms with Gasteiger partial charge >= 0.3 is 0 Å². The fraction of sp³-hybridized carbons (Fsp3) is 0.600. The lowest BCUT2D eigenvalue weighted by Gasteiger charge is -2.17. The van der Waals surface area contributed by atoms with Crippen molar-refractivity contribution in [2.75, 3.05) is 0 Å². The molecular weight excluding hydrogens is 180 g/mol. The molecule has 0 unspecified atom stereocenters. The summed E-state index contributed by atoms with van der Waals surface area (Å²) in [5, 5.41) is 0. The van der Waals surface area contributed by atoms with Crippen LogP contribution in [0.5, 0.6) is 0 Å². The van der Waals surface area contributed by atoms with Gasteiger partial charge in [0.05, 0.1) is 0 Å². The molecule has 0 aliphatic heterocycles. The maximum absolute atomic E-state index is 2.29. The maximum atomic E-state index is 2.29. The van der Waals surface area contributed by atoms with Crippen molar-refractivity contribution >= 4 is 0 Å². The van der Waals surface area contributed by atoms with Gasteiger partial charge in [0.2, 0.25) is 0 Å². The average Bonchev–Trinajstić information content (AvgIpc) is 2.19. The van der Waals surface area contributed by atoms with E-state index in [1.807, 2.05) is 13.8 Å². The van der Waals surface area contributed by atoms with Crippen molar-refractivity contribution in [2.45, 2.75) is 54.4 Å². The molecule has 0 radical (unpaired) electrons. The highest BCUT2D eigenvalue weighted by Crippen LogP contribution is 2.21. The summed E-state index contributed by atoms with van der Waals surface area (Å²) >= 11 is 0. The SMILES string of the molecule is CC.Cc1ccc(CCC(C)(C)C)cc1. The van der Waals surface area contributed by atoms with Gasteiger partial charge < -0.3 is 0 Å². The van der Waals surface area contributed by atoms with Crippen LogP contribution in [0.2, 0.25) is 0 Å². The Kier molecular flexibility index (Phi) is 6.31. The van der Waals surface area contributed by atoms with E-state index in [0.717, 1.165) is 0 Å². The molecule has 0 amide bonds. The van der Waals surface area contributed by atoms with Crippen LogP contribution in [0.15, 0.2) is 24.3 Å². The second-order valence-electron chi connectivity index (χ2n) is 5.05. The monoisotopic (exact) mass is 206 g/mol. The Balaban J connectivity index is 0.000000921. The van der Waals surface area contributed by atoms with Gasteiger partial charge in [-0.3, -0.25) is 0 Å². The quantitative estimate of drug-likeness (QED) is 0.639. The molecule has 1 aromatic rings. The highest BCUT2D eigenvalue weighted by Gasteiger charge is 2.09. The Morgan fingerprint density at radius 3 is 1.80 bits per heavy atom. The molecule has 0 saturated heterocycles.